The summed E-state index contributed by atoms with van der Waals surface area (Å²) in [5, 5.41) is 13.4. The van der Waals surface area contributed by atoms with E-state index in [4.69, 9.17) is 14.0 Å². The van der Waals surface area contributed by atoms with Gasteiger partial charge in [-0.15, -0.1) is 12.4 Å². The second-order valence-corrected chi connectivity index (χ2v) is 8.56. The Morgan fingerprint density at radius 2 is 1.66 bits per heavy atom. The number of hydrogen-bond acceptors (Lipinski definition) is 8. The number of methoxy groups -OCH3 is 2. The standard InChI is InChI=1S/C24H26N6O4.ClH/c1-24(2,3)20-12-21(30-34-20)29-23(31)28-15-8-6-7-14(9-15)27-22-16-10-18(32-4)19(33-5)11-17(16)25-13-26-22;/h6-13H,1-5H3,(H,25,26,27)(H2,28,29,30,31);1H. The second-order valence-electron chi connectivity index (χ2n) is 8.56. The highest BCUT2D eigenvalue weighted by molar-refractivity contribution is 5.99. The molecule has 0 fully saturated rings. The van der Waals surface area contributed by atoms with Crippen LogP contribution in [0.2, 0.25) is 0 Å². The Morgan fingerprint density at radius 3 is 2.34 bits per heavy atom. The average Bonchev–Trinajstić information content (AvgIpc) is 3.27. The summed E-state index contributed by atoms with van der Waals surface area (Å²) < 4.78 is 16.1. The number of anilines is 4. The van der Waals surface area contributed by atoms with Gasteiger partial charge in [0.1, 0.15) is 17.9 Å². The molecule has 3 N–H and O–H groups in total. The predicted octanol–water partition coefficient (Wildman–Crippen LogP) is 5.74. The van der Waals surface area contributed by atoms with Crippen molar-refractivity contribution < 1.29 is 18.8 Å². The first kappa shape index (κ1) is 25.6. The Labute approximate surface area is 208 Å². The average molecular weight is 499 g/mol. The third kappa shape index (κ3) is 5.90. The maximum Gasteiger partial charge on any atom is 0.324 e. The lowest BCUT2D eigenvalue weighted by Crippen LogP contribution is -2.19. The molecule has 0 unspecified atom stereocenters. The van der Waals surface area contributed by atoms with E-state index < -0.39 is 6.03 Å². The number of fused-ring (bicyclic) bond motifs is 1. The van der Waals surface area contributed by atoms with Crippen molar-refractivity contribution >= 4 is 52.4 Å². The second kappa shape index (κ2) is 10.5. The molecule has 0 aliphatic rings. The first-order chi connectivity index (χ1) is 16.3. The van der Waals surface area contributed by atoms with E-state index in [9.17, 15) is 4.79 Å². The molecular weight excluding hydrogens is 472 g/mol. The molecule has 4 aromatic rings. The largest absolute Gasteiger partial charge is 0.493 e. The number of rotatable bonds is 6. The molecule has 0 saturated heterocycles. The fourth-order valence-electron chi connectivity index (χ4n) is 3.26. The monoisotopic (exact) mass is 498 g/mol. The molecule has 4 rings (SSSR count). The van der Waals surface area contributed by atoms with E-state index in [0.29, 0.717) is 40.1 Å². The zero-order valence-corrected chi connectivity index (χ0v) is 20.8. The van der Waals surface area contributed by atoms with Gasteiger partial charge in [-0.05, 0) is 24.3 Å². The van der Waals surface area contributed by atoms with Gasteiger partial charge in [-0.25, -0.2) is 14.8 Å². The number of aromatic nitrogens is 3. The Hall–Kier alpha value is -4.05. The number of halogens is 1. The van der Waals surface area contributed by atoms with Crippen LogP contribution in [0.4, 0.5) is 27.8 Å². The van der Waals surface area contributed by atoms with E-state index in [-0.39, 0.29) is 17.8 Å². The SMILES string of the molecule is COc1cc2ncnc(Nc3cccc(NC(=O)Nc4cc(C(C)(C)C)on4)c3)c2cc1OC.Cl. The van der Waals surface area contributed by atoms with Crippen LogP contribution in [-0.2, 0) is 5.41 Å². The van der Waals surface area contributed by atoms with Gasteiger partial charge in [0.2, 0.25) is 0 Å². The van der Waals surface area contributed by atoms with Crippen molar-refractivity contribution in [2.75, 3.05) is 30.2 Å². The molecular formula is C24H27ClN6O4. The predicted molar refractivity (Wildman–Crippen MR) is 137 cm³/mol. The number of carbonyl (C=O) groups excluding carboxylic acids is 1. The molecule has 0 radical (unpaired) electrons. The number of ether oxygens (including phenoxy) is 2. The van der Waals surface area contributed by atoms with Gasteiger partial charge in [0, 0.05) is 34.3 Å². The minimum absolute atomic E-state index is 0. The van der Waals surface area contributed by atoms with Crippen LogP contribution in [0.1, 0.15) is 26.5 Å². The Balaban J connectivity index is 0.00000342. The number of urea groups is 1. The van der Waals surface area contributed by atoms with Crippen LogP contribution in [0, 0.1) is 0 Å². The molecule has 2 aromatic carbocycles. The lowest BCUT2D eigenvalue weighted by molar-refractivity contribution is 0.262. The van der Waals surface area contributed by atoms with Crippen LogP contribution in [0.25, 0.3) is 10.9 Å². The molecule has 0 aliphatic heterocycles. The molecule has 11 heteroatoms. The van der Waals surface area contributed by atoms with Crippen LogP contribution in [-0.4, -0.2) is 35.4 Å². The van der Waals surface area contributed by atoms with Crippen molar-refractivity contribution in [3.05, 3.63) is 54.6 Å². The highest BCUT2D eigenvalue weighted by Crippen LogP contribution is 2.34. The Bertz CT molecular complexity index is 1340. The molecule has 0 saturated carbocycles. The molecule has 0 aliphatic carbocycles. The summed E-state index contributed by atoms with van der Waals surface area (Å²) >= 11 is 0. The normalized spacial score (nSPS) is 10.9. The van der Waals surface area contributed by atoms with E-state index in [1.54, 1.807) is 38.5 Å². The van der Waals surface area contributed by atoms with Gasteiger partial charge in [-0.3, -0.25) is 5.32 Å². The van der Waals surface area contributed by atoms with Crippen molar-refractivity contribution in [2.24, 2.45) is 0 Å². The number of benzene rings is 2. The Morgan fingerprint density at radius 1 is 0.943 bits per heavy atom. The van der Waals surface area contributed by atoms with Gasteiger partial charge < -0.3 is 24.6 Å². The first-order valence-electron chi connectivity index (χ1n) is 10.6. The number of carbonyl (C=O) groups is 1. The molecule has 2 aromatic heterocycles. The van der Waals surface area contributed by atoms with E-state index in [1.165, 1.54) is 6.33 Å². The van der Waals surface area contributed by atoms with Crippen LogP contribution in [0.15, 0.2) is 53.3 Å². The van der Waals surface area contributed by atoms with Gasteiger partial charge in [0.25, 0.3) is 0 Å². The fraction of sp³-hybridized carbons (Fsp3) is 0.250. The van der Waals surface area contributed by atoms with E-state index >= 15 is 0 Å². The number of hydrogen-bond donors (Lipinski definition) is 3. The van der Waals surface area contributed by atoms with Crippen LogP contribution in [0.5, 0.6) is 11.5 Å². The molecule has 0 bridgehead atoms. The van der Waals surface area contributed by atoms with E-state index in [0.717, 1.165) is 11.1 Å². The number of amides is 2. The summed E-state index contributed by atoms with van der Waals surface area (Å²) in [4.78, 5) is 21.1. The summed E-state index contributed by atoms with van der Waals surface area (Å²) in [6, 6.07) is 12.1. The molecule has 184 valence electrons. The smallest absolute Gasteiger partial charge is 0.324 e. The zero-order valence-electron chi connectivity index (χ0n) is 20.0. The minimum Gasteiger partial charge on any atom is -0.493 e. The Kier molecular flexibility index (Phi) is 7.65. The third-order valence-corrected chi connectivity index (χ3v) is 5.01. The minimum atomic E-state index is -0.435. The maximum absolute atomic E-state index is 12.4. The molecule has 0 spiro atoms. The van der Waals surface area contributed by atoms with Crippen molar-refractivity contribution in [3.63, 3.8) is 0 Å². The van der Waals surface area contributed by atoms with Crippen molar-refractivity contribution in [3.8, 4) is 11.5 Å². The molecule has 2 amide bonds. The zero-order chi connectivity index (χ0) is 24.3. The topological polar surface area (TPSA) is 123 Å². The first-order valence-corrected chi connectivity index (χ1v) is 10.6. The van der Waals surface area contributed by atoms with Crippen molar-refractivity contribution in [1.82, 2.24) is 15.1 Å². The van der Waals surface area contributed by atoms with E-state index in [2.05, 4.69) is 31.1 Å². The number of nitrogens with one attached hydrogen (secondary N) is 3. The number of nitrogens with zero attached hydrogens (tertiary/aromatic N) is 3. The third-order valence-electron chi connectivity index (χ3n) is 5.01. The van der Waals surface area contributed by atoms with E-state index in [1.807, 2.05) is 39.0 Å². The summed E-state index contributed by atoms with van der Waals surface area (Å²) in [5.41, 5.74) is 1.80. The van der Waals surface area contributed by atoms with Crippen molar-refractivity contribution in [2.45, 2.75) is 26.2 Å². The molecule has 10 nitrogen and oxygen atoms in total. The van der Waals surface area contributed by atoms with Crippen LogP contribution < -0.4 is 25.4 Å². The van der Waals surface area contributed by atoms with Gasteiger partial charge in [0.15, 0.2) is 17.3 Å². The lowest BCUT2D eigenvalue weighted by Gasteiger charge is -2.13. The van der Waals surface area contributed by atoms with Gasteiger partial charge in [0.05, 0.1) is 19.7 Å². The lowest BCUT2D eigenvalue weighted by atomic mass is 9.93. The van der Waals surface area contributed by atoms with Gasteiger partial charge in [-0.1, -0.05) is 32.0 Å². The molecule has 0 atom stereocenters. The summed E-state index contributed by atoms with van der Waals surface area (Å²) in [5.74, 6) is 2.76. The molecule has 2 heterocycles. The summed E-state index contributed by atoms with van der Waals surface area (Å²) in [6.07, 6.45) is 1.47. The maximum atomic E-state index is 12.4. The highest BCUT2D eigenvalue weighted by Gasteiger charge is 2.20. The van der Waals surface area contributed by atoms with Crippen LogP contribution >= 0.6 is 12.4 Å². The van der Waals surface area contributed by atoms with Gasteiger partial charge in [-0.2, -0.15) is 0 Å². The van der Waals surface area contributed by atoms with Gasteiger partial charge >= 0.3 is 6.03 Å². The fourth-order valence-corrected chi connectivity index (χ4v) is 3.26. The highest BCUT2D eigenvalue weighted by atomic mass is 35.5. The summed E-state index contributed by atoms with van der Waals surface area (Å²) in [7, 11) is 3.15. The van der Waals surface area contributed by atoms with Crippen LogP contribution in [0.3, 0.4) is 0 Å². The van der Waals surface area contributed by atoms with Crippen molar-refractivity contribution in [1.29, 1.82) is 0 Å². The summed E-state index contributed by atoms with van der Waals surface area (Å²) in [6.45, 7) is 6.01. The quantitative estimate of drug-likeness (QED) is 0.307. The molecule has 35 heavy (non-hydrogen) atoms.